The first-order valence-corrected chi connectivity index (χ1v) is 7.69. The molecule has 1 atom stereocenters. The van der Waals surface area contributed by atoms with E-state index in [2.05, 4.69) is 10.3 Å². The fourth-order valence-electron chi connectivity index (χ4n) is 2.14. The summed E-state index contributed by atoms with van der Waals surface area (Å²) in [6, 6.07) is 6.64. The first-order valence-electron chi connectivity index (χ1n) is 7.69. The molecule has 0 aliphatic heterocycles. The fraction of sp³-hybridized carbons (Fsp3) is 0.353. The smallest absolute Gasteiger partial charge is 0.258 e. The maximum atomic E-state index is 11.8. The molecule has 0 aliphatic rings. The van der Waals surface area contributed by atoms with Gasteiger partial charge in [0.15, 0.2) is 12.4 Å². The van der Waals surface area contributed by atoms with Crippen LogP contribution < -0.4 is 10.1 Å². The summed E-state index contributed by atoms with van der Waals surface area (Å²) in [6.07, 6.45) is 2.86. The van der Waals surface area contributed by atoms with Crippen LogP contribution in [-0.2, 0) is 11.8 Å². The number of carbonyl (C=O) groups is 2. The number of rotatable bonds is 8. The lowest BCUT2D eigenvalue weighted by Gasteiger charge is -2.12. The third-order valence-corrected chi connectivity index (χ3v) is 3.52. The summed E-state index contributed by atoms with van der Waals surface area (Å²) in [5.41, 5.74) is 0.618. The van der Waals surface area contributed by atoms with Gasteiger partial charge in [0.2, 0.25) is 0 Å². The highest BCUT2D eigenvalue weighted by Crippen LogP contribution is 2.13. The average molecular weight is 331 g/mol. The van der Waals surface area contributed by atoms with Crippen LogP contribution in [0.2, 0.25) is 0 Å². The number of aliphatic hydroxyl groups excluding tert-OH is 1. The van der Waals surface area contributed by atoms with Crippen molar-refractivity contribution in [2.75, 3.05) is 13.2 Å². The molecule has 0 fully saturated rings. The third-order valence-electron chi connectivity index (χ3n) is 3.52. The molecule has 0 spiro atoms. The second-order valence-corrected chi connectivity index (χ2v) is 5.31. The van der Waals surface area contributed by atoms with Gasteiger partial charge in [0.1, 0.15) is 17.7 Å². The van der Waals surface area contributed by atoms with Gasteiger partial charge in [-0.1, -0.05) is 6.92 Å². The topological polar surface area (TPSA) is 93.5 Å². The van der Waals surface area contributed by atoms with Crippen LogP contribution in [0.5, 0.6) is 5.75 Å². The van der Waals surface area contributed by atoms with Crippen LogP contribution in [-0.4, -0.2) is 39.5 Å². The van der Waals surface area contributed by atoms with Gasteiger partial charge in [0.25, 0.3) is 5.91 Å². The molecule has 2 N–H and O–H groups in total. The van der Waals surface area contributed by atoms with Gasteiger partial charge >= 0.3 is 0 Å². The lowest BCUT2D eigenvalue weighted by Crippen LogP contribution is -2.33. The number of aliphatic hydroxyl groups is 1. The minimum absolute atomic E-state index is 0.0526. The molecule has 1 aromatic heterocycles. The van der Waals surface area contributed by atoms with E-state index in [1.165, 1.54) is 0 Å². The zero-order valence-electron chi connectivity index (χ0n) is 13.7. The number of hydrogen-bond acceptors (Lipinski definition) is 5. The number of nitrogens with zero attached hydrogens (tertiary/aromatic N) is 2. The van der Waals surface area contributed by atoms with Crippen LogP contribution in [0.1, 0.15) is 35.6 Å². The minimum atomic E-state index is -0.881. The summed E-state index contributed by atoms with van der Waals surface area (Å²) >= 11 is 0. The SMILES string of the molecule is CCC(=O)c1ccc(OCC(=O)NC[C@H](O)c2nccn2C)cc1. The Morgan fingerprint density at radius 2 is 2.04 bits per heavy atom. The number of aryl methyl sites for hydroxylation is 1. The summed E-state index contributed by atoms with van der Waals surface area (Å²) in [5, 5.41) is 12.5. The van der Waals surface area contributed by atoms with Crippen LogP contribution in [0.25, 0.3) is 0 Å². The Morgan fingerprint density at radius 3 is 2.62 bits per heavy atom. The van der Waals surface area contributed by atoms with E-state index in [1.807, 2.05) is 0 Å². The molecule has 1 amide bonds. The number of ketones is 1. The molecule has 1 aromatic carbocycles. The number of carbonyl (C=O) groups excluding carboxylic acids is 2. The molecule has 7 nitrogen and oxygen atoms in total. The first kappa shape index (κ1) is 17.7. The number of imidazole rings is 1. The van der Waals surface area contributed by atoms with E-state index >= 15 is 0 Å². The molecule has 2 aromatic rings. The standard InChI is InChI=1S/C17H21N3O4/c1-3-14(21)12-4-6-13(7-5-12)24-11-16(23)19-10-15(22)17-18-8-9-20(17)2/h4-9,15,22H,3,10-11H2,1-2H3,(H,19,23)/t15-/m0/s1. The molecule has 0 bridgehead atoms. The van der Waals surface area contributed by atoms with E-state index in [9.17, 15) is 14.7 Å². The van der Waals surface area contributed by atoms with Gasteiger partial charge in [-0.25, -0.2) is 4.98 Å². The second-order valence-electron chi connectivity index (χ2n) is 5.31. The minimum Gasteiger partial charge on any atom is -0.484 e. The van der Waals surface area contributed by atoms with Crippen molar-refractivity contribution < 1.29 is 19.4 Å². The van der Waals surface area contributed by atoms with E-state index in [-0.39, 0.29) is 24.8 Å². The number of nitrogens with one attached hydrogen (secondary N) is 1. The highest BCUT2D eigenvalue weighted by atomic mass is 16.5. The van der Waals surface area contributed by atoms with Crippen molar-refractivity contribution in [1.82, 2.24) is 14.9 Å². The quantitative estimate of drug-likeness (QED) is 0.710. The normalized spacial score (nSPS) is 11.8. The molecule has 0 aliphatic carbocycles. The lowest BCUT2D eigenvalue weighted by molar-refractivity contribution is -0.123. The van der Waals surface area contributed by atoms with Crippen LogP contribution in [0.15, 0.2) is 36.7 Å². The fourth-order valence-corrected chi connectivity index (χ4v) is 2.14. The first-order chi connectivity index (χ1) is 11.5. The third kappa shape index (κ3) is 4.66. The molecule has 0 saturated heterocycles. The molecule has 7 heteroatoms. The molecule has 128 valence electrons. The number of ether oxygens (including phenoxy) is 1. The number of benzene rings is 1. The number of aromatic nitrogens is 2. The van der Waals surface area contributed by atoms with E-state index in [1.54, 1.807) is 55.2 Å². The molecule has 2 rings (SSSR count). The van der Waals surface area contributed by atoms with Gasteiger partial charge in [0.05, 0.1) is 6.54 Å². The van der Waals surface area contributed by atoms with Gasteiger partial charge in [-0.3, -0.25) is 9.59 Å². The summed E-state index contributed by atoms with van der Waals surface area (Å²) in [4.78, 5) is 27.3. The molecule has 1 heterocycles. The zero-order chi connectivity index (χ0) is 17.5. The molecule has 0 radical (unpaired) electrons. The molecule has 0 saturated carbocycles. The van der Waals surface area contributed by atoms with Gasteiger partial charge in [-0.2, -0.15) is 0 Å². The van der Waals surface area contributed by atoms with E-state index < -0.39 is 6.10 Å². The number of hydrogen-bond donors (Lipinski definition) is 2. The second kappa shape index (κ2) is 8.26. The Morgan fingerprint density at radius 1 is 1.33 bits per heavy atom. The van der Waals surface area contributed by atoms with Gasteiger partial charge in [-0.15, -0.1) is 0 Å². The summed E-state index contributed by atoms with van der Waals surface area (Å²) in [7, 11) is 1.77. The Balaban J connectivity index is 1.77. The predicted octanol–water partition coefficient (Wildman–Crippen LogP) is 1.24. The largest absolute Gasteiger partial charge is 0.484 e. The van der Waals surface area contributed by atoms with E-state index in [0.29, 0.717) is 23.6 Å². The maximum absolute atomic E-state index is 11.8. The van der Waals surface area contributed by atoms with Crippen molar-refractivity contribution in [2.24, 2.45) is 7.05 Å². The van der Waals surface area contributed by atoms with E-state index in [0.717, 1.165) is 0 Å². The van der Waals surface area contributed by atoms with Crippen LogP contribution in [0, 0.1) is 0 Å². The Kier molecular flexibility index (Phi) is 6.08. The molecule has 0 unspecified atom stereocenters. The maximum Gasteiger partial charge on any atom is 0.258 e. The van der Waals surface area contributed by atoms with Crippen molar-refractivity contribution in [3.8, 4) is 5.75 Å². The van der Waals surface area contributed by atoms with Crippen LogP contribution in [0.3, 0.4) is 0 Å². The summed E-state index contributed by atoms with van der Waals surface area (Å²) < 4.78 is 7.04. The zero-order valence-corrected chi connectivity index (χ0v) is 13.7. The average Bonchev–Trinajstić information content (AvgIpc) is 3.03. The van der Waals surface area contributed by atoms with Crippen molar-refractivity contribution in [3.05, 3.63) is 48.0 Å². The molecular weight excluding hydrogens is 310 g/mol. The number of amides is 1. The van der Waals surface area contributed by atoms with Crippen molar-refractivity contribution >= 4 is 11.7 Å². The van der Waals surface area contributed by atoms with Gasteiger partial charge < -0.3 is 19.7 Å². The Hall–Kier alpha value is -2.67. The lowest BCUT2D eigenvalue weighted by atomic mass is 10.1. The van der Waals surface area contributed by atoms with Gasteiger partial charge in [-0.05, 0) is 24.3 Å². The monoisotopic (exact) mass is 331 g/mol. The highest BCUT2D eigenvalue weighted by Gasteiger charge is 2.13. The predicted molar refractivity (Wildman–Crippen MR) is 87.7 cm³/mol. The van der Waals surface area contributed by atoms with Crippen LogP contribution >= 0.6 is 0 Å². The van der Waals surface area contributed by atoms with Crippen molar-refractivity contribution in [3.63, 3.8) is 0 Å². The van der Waals surface area contributed by atoms with Crippen molar-refractivity contribution in [2.45, 2.75) is 19.4 Å². The summed E-state index contributed by atoms with van der Waals surface area (Å²) in [5.74, 6) is 0.689. The molecule has 24 heavy (non-hydrogen) atoms. The summed E-state index contributed by atoms with van der Waals surface area (Å²) in [6.45, 7) is 1.68. The highest BCUT2D eigenvalue weighted by molar-refractivity contribution is 5.95. The van der Waals surface area contributed by atoms with Crippen molar-refractivity contribution in [1.29, 1.82) is 0 Å². The number of Topliss-reactive ketones (excluding diaryl/α,β-unsaturated/α-hetero) is 1. The Labute approximate surface area is 140 Å². The van der Waals surface area contributed by atoms with E-state index in [4.69, 9.17) is 4.74 Å². The van der Waals surface area contributed by atoms with Crippen LogP contribution in [0.4, 0.5) is 0 Å². The van der Waals surface area contributed by atoms with Gasteiger partial charge in [0, 0.05) is 31.4 Å². The Bertz CT molecular complexity index is 694. The molecular formula is C17H21N3O4.